The van der Waals surface area contributed by atoms with E-state index >= 15 is 0 Å². The third-order valence-corrected chi connectivity index (χ3v) is 4.39. The number of hydrogen-bond acceptors (Lipinski definition) is 1. The van der Waals surface area contributed by atoms with Crippen LogP contribution in [0.3, 0.4) is 0 Å². The minimum Gasteiger partial charge on any atom is -0.496 e. The topological polar surface area (TPSA) is 9.23 Å². The van der Waals surface area contributed by atoms with E-state index in [4.69, 9.17) is 4.74 Å². The predicted octanol–water partition coefficient (Wildman–Crippen LogP) is 4.37. The molecule has 0 atom stereocenters. The van der Waals surface area contributed by atoms with Gasteiger partial charge in [0.1, 0.15) is 5.75 Å². The fourth-order valence-electron chi connectivity index (χ4n) is 1.54. The van der Waals surface area contributed by atoms with Crippen molar-refractivity contribution in [3.8, 4) is 5.75 Å². The van der Waals surface area contributed by atoms with Crippen molar-refractivity contribution >= 4 is 56.0 Å². The molecule has 1 nitrogen and oxygen atoms in total. The van der Waals surface area contributed by atoms with Gasteiger partial charge in [-0.15, -0.1) is 0 Å². The van der Waals surface area contributed by atoms with Gasteiger partial charge in [0.25, 0.3) is 0 Å². The minimum absolute atomic E-state index is 0.947. The van der Waals surface area contributed by atoms with Crippen molar-refractivity contribution in [3.05, 3.63) is 37.0 Å². The maximum absolute atomic E-state index is 5.31. The Labute approximate surface area is 116 Å². The van der Waals surface area contributed by atoms with Crippen molar-refractivity contribution in [1.29, 1.82) is 0 Å². The summed E-state index contributed by atoms with van der Waals surface area (Å²) in [6, 6.07) is 8.68. The van der Waals surface area contributed by atoms with Crippen LogP contribution in [0.4, 0.5) is 0 Å². The molecule has 0 spiro atoms. The third kappa shape index (κ3) is 2.22. The Bertz CT molecular complexity index is 521. The Balaban J connectivity index is 2.76. The van der Waals surface area contributed by atoms with Crippen LogP contribution >= 0.6 is 45.2 Å². The van der Waals surface area contributed by atoms with E-state index in [1.807, 2.05) is 0 Å². The lowest BCUT2D eigenvalue weighted by molar-refractivity contribution is 0.412. The molecule has 0 aromatic heterocycles. The summed E-state index contributed by atoms with van der Waals surface area (Å²) in [5.41, 5.74) is 1.32. The Kier molecular flexibility index (Phi) is 3.39. The molecule has 15 heavy (non-hydrogen) atoms. The molecule has 0 fully saturated rings. The highest BCUT2D eigenvalue weighted by Gasteiger charge is 2.04. The van der Waals surface area contributed by atoms with Crippen molar-refractivity contribution in [3.63, 3.8) is 0 Å². The molecule has 0 bridgehead atoms. The van der Waals surface area contributed by atoms with Gasteiger partial charge in [0.2, 0.25) is 0 Å². The van der Waals surface area contributed by atoms with Crippen LogP contribution in [-0.2, 0) is 0 Å². The van der Waals surface area contributed by atoms with E-state index in [0.717, 1.165) is 9.32 Å². The van der Waals surface area contributed by atoms with Gasteiger partial charge >= 0.3 is 0 Å². The van der Waals surface area contributed by atoms with Crippen LogP contribution in [0.1, 0.15) is 5.56 Å². The normalized spacial score (nSPS) is 10.7. The molecule has 0 unspecified atom stereocenters. The van der Waals surface area contributed by atoms with Crippen LogP contribution in [0.25, 0.3) is 10.8 Å². The van der Waals surface area contributed by atoms with Crippen LogP contribution in [0, 0.1) is 14.1 Å². The number of fused-ring (bicyclic) bond motifs is 1. The summed E-state index contributed by atoms with van der Waals surface area (Å²) >= 11 is 4.66. The maximum Gasteiger partial charge on any atom is 0.132 e. The Morgan fingerprint density at radius 2 is 1.53 bits per heavy atom. The van der Waals surface area contributed by atoms with E-state index in [2.05, 4.69) is 76.4 Å². The average Bonchev–Trinajstić information content (AvgIpc) is 2.20. The van der Waals surface area contributed by atoms with Gasteiger partial charge in [-0.3, -0.25) is 0 Å². The molecule has 2 rings (SSSR count). The zero-order chi connectivity index (χ0) is 11.0. The summed E-state index contributed by atoms with van der Waals surface area (Å²) in [6.07, 6.45) is 0. The monoisotopic (exact) mass is 424 g/mol. The first-order valence-corrected chi connectivity index (χ1v) is 6.71. The lowest BCUT2D eigenvalue weighted by atomic mass is 10.1. The highest BCUT2D eigenvalue weighted by Crippen LogP contribution is 2.29. The molecular formula is C12H10I2O. The van der Waals surface area contributed by atoms with E-state index in [-0.39, 0.29) is 0 Å². The quantitative estimate of drug-likeness (QED) is 0.619. The van der Waals surface area contributed by atoms with Crippen LogP contribution in [0.5, 0.6) is 5.75 Å². The number of ether oxygens (including phenoxy) is 1. The smallest absolute Gasteiger partial charge is 0.132 e. The van der Waals surface area contributed by atoms with Crippen LogP contribution in [-0.4, -0.2) is 7.11 Å². The average molecular weight is 424 g/mol. The standard InChI is InChI=1S/C12H10I2O/c1-7-3-8-5-11(14)12(15-2)6-9(8)4-10(7)13/h3-6H,1-2H3. The second kappa shape index (κ2) is 4.45. The van der Waals surface area contributed by atoms with Gasteiger partial charge in [0, 0.05) is 3.57 Å². The van der Waals surface area contributed by atoms with Crippen molar-refractivity contribution in [1.82, 2.24) is 0 Å². The fourth-order valence-corrected chi connectivity index (χ4v) is 2.75. The van der Waals surface area contributed by atoms with Crippen molar-refractivity contribution in [2.24, 2.45) is 0 Å². The Hall–Kier alpha value is -0.0400. The summed E-state index contributed by atoms with van der Waals surface area (Å²) in [6.45, 7) is 2.14. The van der Waals surface area contributed by atoms with E-state index in [1.165, 1.54) is 19.9 Å². The SMILES string of the molecule is COc1cc2cc(I)c(C)cc2cc1I. The lowest BCUT2D eigenvalue weighted by Gasteiger charge is -2.07. The number of aryl methyl sites for hydroxylation is 1. The molecule has 0 saturated heterocycles. The molecule has 0 aliphatic heterocycles. The number of rotatable bonds is 1. The van der Waals surface area contributed by atoms with Crippen molar-refractivity contribution < 1.29 is 4.74 Å². The van der Waals surface area contributed by atoms with Crippen molar-refractivity contribution in [2.75, 3.05) is 7.11 Å². The second-order valence-corrected chi connectivity index (χ2v) is 5.76. The molecule has 0 radical (unpaired) electrons. The van der Waals surface area contributed by atoms with E-state index in [1.54, 1.807) is 7.11 Å². The second-order valence-electron chi connectivity index (χ2n) is 3.44. The third-order valence-electron chi connectivity index (χ3n) is 2.39. The first kappa shape index (κ1) is 11.4. The first-order chi connectivity index (χ1) is 7.11. The van der Waals surface area contributed by atoms with E-state index in [0.29, 0.717) is 0 Å². The largest absolute Gasteiger partial charge is 0.496 e. The lowest BCUT2D eigenvalue weighted by Crippen LogP contribution is -1.88. The first-order valence-electron chi connectivity index (χ1n) is 4.55. The summed E-state index contributed by atoms with van der Waals surface area (Å²) in [5, 5.41) is 2.51. The van der Waals surface area contributed by atoms with Gasteiger partial charge in [-0.1, -0.05) is 6.07 Å². The number of benzene rings is 2. The summed E-state index contributed by atoms with van der Waals surface area (Å²) in [4.78, 5) is 0. The Morgan fingerprint density at radius 3 is 2.20 bits per heavy atom. The molecule has 2 aromatic carbocycles. The highest BCUT2D eigenvalue weighted by molar-refractivity contribution is 14.1. The van der Waals surface area contributed by atoms with Gasteiger partial charge < -0.3 is 4.74 Å². The van der Waals surface area contributed by atoms with Crippen LogP contribution < -0.4 is 4.74 Å². The minimum atomic E-state index is 0.947. The molecular weight excluding hydrogens is 414 g/mol. The van der Waals surface area contributed by atoms with Crippen LogP contribution in [0.15, 0.2) is 24.3 Å². The molecule has 0 amide bonds. The Morgan fingerprint density at radius 1 is 0.933 bits per heavy atom. The fraction of sp³-hybridized carbons (Fsp3) is 0.167. The molecule has 0 aliphatic rings. The summed E-state index contributed by atoms with van der Waals surface area (Å²) in [5.74, 6) is 0.947. The molecule has 0 N–H and O–H groups in total. The zero-order valence-corrected chi connectivity index (χ0v) is 12.8. The number of methoxy groups -OCH3 is 1. The van der Waals surface area contributed by atoms with Crippen LogP contribution in [0.2, 0.25) is 0 Å². The molecule has 2 aromatic rings. The van der Waals surface area contributed by atoms with Gasteiger partial charge in [-0.25, -0.2) is 0 Å². The molecule has 3 heteroatoms. The number of hydrogen-bond donors (Lipinski definition) is 0. The van der Waals surface area contributed by atoms with Crippen molar-refractivity contribution in [2.45, 2.75) is 6.92 Å². The summed E-state index contributed by atoms with van der Waals surface area (Å²) < 4.78 is 7.76. The molecule has 0 heterocycles. The number of halogens is 2. The van der Waals surface area contributed by atoms with E-state index < -0.39 is 0 Å². The maximum atomic E-state index is 5.31. The zero-order valence-electron chi connectivity index (χ0n) is 8.47. The predicted molar refractivity (Wildman–Crippen MR) is 80.7 cm³/mol. The van der Waals surface area contributed by atoms with Gasteiger partial charge in [-0.2, -0.15) is 0 Å². The molecule has 0 saturated carbocycles. The van der Waals surface area contributed by atoms with Gasteiger partial charge in [-0.05, 0) is 86.6 Å². The van der Waals surface area contributed by atoms with Gasteiger partial charge in [0.15, 0.2) is 0 Å². The summed E-state index contributed by atoms with van der Waals surface area (Å²) in [7, 11) is 1.71. The molecule has 78 valence electrons. The van der Waals surface area contributed by atoms with Gasteiger partial charge in [0.05, 0.1) is 10.7 Å². The molecule has 0 aliphatic carbocycles. The van der Waals surface area contributed by atoms with E-state index in [9.17, 15) is 0 Å². The highest BCUT2D eigenvalue weighted by atomic mass is 127.